The lowest BCUT2D eigenvalue weighted by atomic mass is 9.62. The fourth-order valence-electron chi connectivity index (χ4n) is 3.63. The number of hydrogen-bond acceptors (Lipinski definition) is 1. The van der Waals surface area contributed by atoms with Crippen molar-refractivity contribution in [3.05, 3.63) is 0 Å². The normalized spacial score (nSPS) is 26.5. The lowest BCUT2D eigenvalue weighted by Gasteiger charge is -2.48. The van der Waals surface area contributed by atoms with Crippen molar-refractivity contribution in [3.8, 4) is 0 Å². The molecule has 1 aliphatic carbocycles. The van der Waals surface area contributed by atoms with Gasteiger partial charge in [0, 0.05) is 5.54 Å². The summed E-state index contributed by atoms with van der Waals surface area (Å²) in [5, 5.41) is 0. The number of nitrogens with two attached hydrogens (primary N) is 1. The summed E-state index contributed by atoms with van der Waals surface area (Å²) in [7, 11) is 0. The first kappa shape index (κ1) is 17.0. The van der Waals surface area contributed by atoms with Crippen LogP contribution in [0.4, 0.5) is 0 Å². The molecule has 1 fully saturated rings. The fourth-order valence-corrected chi connectivity index (χ4v) is 3.63. The molecule has 0 aliphatic heterocycles. The van der Waals surface area contributed by atoms with Gasteiger partial charge in [-0.1, -0.05) is 85.0 Å². The van der Waals surface area contributed by atoms with E-state index in [4.69, 9.17) is 5.73 Å². The van der Waals surface area contributed by atoms with E-state index in [2.05, 4.69) is 20.8 Å². The van der Waals surface area contributed by atoms with Crippen LogP contribution in [0.15, 0.2) is 0 Å². The third-order valence-electron chi connectivity index (χ3n) is 5.50. The van der Waals surface area contributed by atoms with E-state index in [9.17, 15) is 0 Å². The van der Waals surface area contributed by atoms with Gasteiger partial charge >= 0.3 is 0 Å². The first-order valence-corrected chi connectivity index (χ1v) is 8.81. The average Bonchev–Trinajstić information content (AvgIpc) is 2.36. The molecule has 1 aliphatic rings. The van der Waals surface area contributed by atoms with Crippen LogP contribution in [-0.4, -0.2) is 5.54 Å². The van der Waals surface area contributed by atoms with Crippen LogP contribution in [-0.2, 0) is 0 Å². The smallest absolute Gasteiger partial charge is 0.0206 e. The lowest BCUT2D eigenvalue weighted by Crippen LogP contribution is -2.54. The van der Waals surface area contributed by atoms with Crippen LogP contribution >= 0.6 is 0 Å². The van der Waals surface area contributed by atoms with E-state index < -0.39 is 0 Å². The summed E-state index contributed by atoms with van der Waals surface area (Å²) < 4.78 is 0. The summed E-state index contributed by atoms with van der Waals surface area (Å²) in [4.78, 5) is 0. The predicted molar refractivity (Wildman–Crippen MR) is 86.4 cm³/mol. The van der Waals surface area contributed by atoms with Gasteiger partial charge in [0.1, 0.15) is 0 Å². The Labute approximate surface area is 121 Å². The SMILES string of the molecule is CCCCCCCCCCC1(N)CCCCC1(C)C. The molecule has 2 N–H and O–H groups in total. The Morgan fingerprint density at radius 1 is 0.789 bits per heavy atom. The molecular formula is C18H37N. The highest BCUT2D eigenvalue weighted by Crippen LogP contribution is 2.44. The highest BCUT2D eigenvalue weighted by Gasteiger charge is 2.42. The van der Waals surface area contributed by atoms with Crippen LogP contribution < -0.4 is 5.73 Å². The van der Waals surface area contributed by atoms with Gasteiger partial charge in [0.15, 0.2) is 0 Å². The zero-order valence-electron chi connectivity index (χ0n) is 13.8. The molecule has 1 unspecified atom stereocenters. The zero-order chi connectivity index (χ0) is 14.2. The molecule has 1 atom stereocenters. The van der Waals surface area contributed by atoms with Gasteiger partial charge in [-0.15, -0.1) is 0 Å². The topological polar surface area (TPSA) is 26.0 Å². The highest BCUT2D eigenvalue weighted by molar-refractivity contribution is 4.99. The fraction of sp³-hybridized carbons (Fsp3) is 1.00. The third kappa shape index (κ3) is 5.45. The van der Waals surface area contributed by atoms with E-state index in [0.717, 1.165) is 0 Å². The summed E-state index contributed by atoms with van der Waals surface area (Å²) in [6.07, 6.45) is 17.8. The lowest BCUT2D eigenvalue weighted by molar-refractivity contribution is 0.0879. The van der Waals surface area contributed by atoms with Crippen molar-refractivity contribution < 1.29 is 0 Å². The molecule has 1 saturated carbocycles. The van der Waals surface area contributed by atoms with Crippen LogP contribution in [0, 0.1) is 5.41 Å². The molecular weight excluding hydrogens is 230 g/mol. The van der Waals surface area contributed by atoms with E-state index in [1.54, 1.807) is 0 Å². The third-order valence-corrected chi connectivity index (χ3v) is 5.50. The number of rotatable bonds is 9. The monoisotopic (exact) mass is 267 g/mol. The molecule has 1 heteroatoms. The van der Waals surface area contributed by atoms with Crippen molar-refractivity contribution in [3.63, 3.8) is 0 Å². The molecule has 0 heterocycles. The zero-order valence-corrected chi connectivity index (χ0v) is 13.8. The van der Waals surface area contributed by atoms with Crippen molar-refractivity contribution in [2.45, 2.75) is 110 Å². The molecule has 19 heavy (non-hydrogen) atoms. The van der Waals surface area contributed by atoms with Gasteiger partial charge in [0.05, 0.1) is 0 Å². The standard InChI is InChI=1S/C18H37N/c1-4-5-6-7-8-9-10-11-15-18(19)16-13-12-14-17(18,2)3/h4-16,19H2,1-3H3. The van der Waals surface area contributed by atoms with Gasteiger partial charge < -0.3 is 5.73 Å². The van der Waals surface area contributed by atoms with Gasteiger partial charge in [0.2, 0.25) is 0 Å². The van der Waals surface area contributed by atoms with E-state index in [1.807, 2.05) is 0 Å². The minimum Gasteiger partial charge on any atom is -0.325 e. The first-order valence-electron chi connectivity index (χ1n) is 8.81. The summed E-state index contributed by atoms with van der Waals surface area (Å²) in [6.45, 7) is 7.06. The second kappa shape index (κ2) is 8.29. The second-order valence-corrected chi connectivity index (χ2v) is 7.47. The molecule has 1 rings (SSSR count). The van der Waals surface area contributed by atoms with E-state index in [-0.39, 0.29) is 5.54 Å². The van der Waals surface area contributed by atoms with Crippen molar-refractivity contribution >= 4 is 0 Å². The molecule has 1 nitrogen and oxygen atoms in total. The predicted octanol–water partition coefficient (Wildman–Crippen LogP) is 5.81. The second-order valence-electron chi connectivity index (χ2n) is 7.47. The summed E-state index contributed by atoms with van der Waals surface area (Å²) in [5.74, 6) is 0. The van der Waals surface area contributed by atoms with Crippen LogP contribution in [0.5, 0.6) is 0 Å². The molecule has 0 aromatic carbocycles. The maximum atomic E-state index is 6.72. The Hall–Kier alpha value is -0.0400. The Morgan fingerprint density at radius 2 is 1.32 bits per heavy atom. The largest absolute Gasteiger partial charge is 0.325 e. The molecule has 0 bridgehead atoms. The summed E-state index contributed by atoms with van der Waals surface area (Å²) in [5.41, 5.74) is 7.19. The molecule has 0 aromatic heterocycles. The van der Waals surface area contributed by atoms with E-state index >= 15 is 0 Å². The van der Waals surface area contributed by atoms with Crippen molar-refractivity contribution in [2.75, 3.05) is 0 Å². The van der Waals surface area contributed by atoms with E-state index in [1.165, 1.54) is 83.5 Å². The molecule has 0 amide bonds. The minimum atomic E-state index is 0.119. The molecule has 0 radical (unpaired) electrons. The highest BCUT2D eigenvalue weighted by atomic mass is 14.8. The van der Waals surface area contributed by atoms with Crippen LogP contribution in [0.1, 0.15) is 104 Å². The van der Waals surface area contributed by atoms with Crippen molar-refractivity contribution in [2.24, 2.45) is 11.1 Å². The van der Waals surface area contributed by atoms with E-state index in [0.29, 0.717) is 5.41 Å². The maximum Gasteiger partial charge on any atom is 0.0206 e. The maximum absolute atomic E-state index is 6.72. The van der Waals surface area contributed by atoms with Crippen LogP contribution in [0.2, 0.25) is 0 Å². The Morgan fingerprint density at radius 3 is 1.89 bits per heavy atom. The average molecular weight is 268 g/mol. The summed E-state index contributed by atoms with van der Waals surface area (Å²) >= 11 is 0. The Bertz CT molecular complexity index is 234. The number of hydrogen-bond donors (Lipinski definition) is 1. The Balaban J connectivity index is 2.11. The molecule has 0 saturated heterocycles. The number of unbranched alkanes of at least 4 members (excludes halogenated alkanes) is 7. The summed E-state index contributed by atoms with van der Waals surface area (Å²) in [6, 6.07) is 0. The van der Waals surface area contributed by atoms with Crippen molar-refractivity contribution in [1.29, 1.82) is 0 Å². The van der Waals surface area contributed by atoms with Crippen molar-refractivity contribution in [1.82, 2.24) is 0 Å². The van der Waals surface area contributed by atoms with Crippen LogP contribution in [0.25, 0.3) is 0 Å². The van der Waals surface area contributed by atoms with Gasteiger partial charge in [-0.3, -0.25) is 0 Å². The minimum absolute atomic E-state index is 0.119. The van der Waals surface area contributed by atoms with Gasteiger partial charge in [0.25, 0.3) is 0 Å². The Kier molecular flexibility index (Phi) is 7.42. The van der Waals surface area contributed by atoms with Gasteiger partial charge in [-0.2, -0.15) is 0 Å². The van der Waals surface area contributed by atoms with Gasteiger partial charge in [-0.05, 0) is 24.7 Å². The van der Waals surface area contributed by atoms with Crippen LogP contribution in [0.3, 0.4) is 0 Å². The molecule has 0 aromatic rings. The quantitative estimate of drug-likeness (QED) is 0.524. The molecule has 0 spiro atoms. The van der Waals surface area contributed by atoms with Gasteiger partial charge in [-0.25, -0.2) is 0 Å². The first-order chi connectivity index (χ1) is 9.02. The molecule has 114 valence electrons.